The highest BCUT2D eigenvalue weighted by atomic mass is 32.1. The van der Waals surface area contributed by atoms with Crippen LogP contribution in [0, 0.1) is 5.82 Å². The normalized spacial score (nSPS) is 10.7. The first-order valence-electron chi connectivity index (χ1n) is 6.14. The lowest BCUT2D eigenvalue weighted by Gasteiger charge is -2.18. The monoisotopic (exact) mass is 280 g/mol. The SMILES string of the molecule is CCNCc1ccnc(N(C)Cc2cscn2)c1F. The van der Waals surface area contributed by atoms with Gasteiger partial charge in [0.25, 0.3) is 0 Å². The van der Waals surface area contributed by atoms with E-state index < -0.39 is 0 Å². The van der Waals surface area contributed by atoms with Gasteiger partial charge in [-0.2, -0.15) is 0 Å². The molecular weight excluding hydrogens is 263 g/mol. The number of rotatable bonds is 6. The summed E-state index contributed by atoms with van der Waals surface area (Å²) in [5.74, 6) is 0.101. The molecule has 0 aliphatic rings. The number of hydrogen-bond donors (Lipinski definition) is 1. The third-order valence-electron chi connectivity index (χ3n) is 2.76. The molecule has 0 bridgehead atoms. The van der Waals surface area contributed by atoms with E-state index in [9.17, 15) is 4.39 Å². The molecule has 2 aromatic rings. The highest BCUT2D eigenvalue weighted by Crippen LogP contribution is 2.20. The van der Waals surface area contributed by atoms with E-state index in [0.717, 1.165) is 12.2 Å². The number of halogens is 1. The van der Waals surface area contributed by atoms with Crippen LogP contribution in [0.5, 0.6) is 0 Å². The van der Waals surface area contributed by atoms with E-state index in [2.05, 4.69) is 15.3 Å². The fourth-order valence-corrected chi connectivity index (χ4v) is 2.32. The van der Waals surface area contributed by atoms with Gasteiger partial charge in [-0.05, 0) is 12.6 Å². The summed E-state index contributed by atoms with van der Waals surface area (Å²) in [7, 11) is 1.82. The lowest BCUT2D eigenvalue weighted by atomic mass is 10.2. The Morgan fingerprint density at radius 2 is 2.26 bits per heavy atom. The van der Waals surface area contributed by atoms with Gasteiger partial charge in [0.2, 0.25) is 0 Å². The summed E-state index contributed by atoms with van der Waals surface area (Å²) in [4.78, 5) is 10.1. The maximum atomic E-state index is 14.3. The van der Waals surface area contributed by atoms with Gasteiger partial charge in [0.1, 0.15) is 0 Å². The van der Waals surface area contributed by atoms with Gasteiger partial charge in [0, 0.05) is 30.7 Å². The van der Waals surface area contributed by atoms with Crippen LogP contribution in [-0.4, -0.2) is 23.6 Å². The Morgan fingerprint density at radius 3 is 2.95 bits per heavy atom. The second-order valence-corrected chi connectivity index (χ2v) is 4.94. The summed E-state index contributed by atoms with van der Waals surface area (Å²) in [5, 5.41) is 5.08. The second kappa shape index (κ2) is 6.58. The highest BCUT2D eigenvalue weighted by molar-refractivity contribution is 7.07. The summed E-state index contributed by atoms with van der Waals surface area (Å²) >= 11 is 1.53. The molecule has 0 aliphatic heterocycles. The summed E-state index contributed by atoms with van der Waals surface area (Å²) in [6.45, 7) is 3.88. The maximum absolute atomic E-state index is 14.3. The summed E-state index contributed by atoms with van der Waals surface area (Å²) < 4.78 is 14.3. The first kappa shape index (κ1) is 13.9. The van der Waals surface area contributed by atoms with E-state index in [1.807, 2.05) is 19.4 Å². The molecule has 102 valence electrons. The van der Waals surface area contributed by atoms with Gasteiger partial charge in [0.15, 0.2) is 11.6 Å². The van der Waals surface area contributed by atoms with E-state index in [4.69, 9.17) is 0 Å². The summed E-state index contributed by atoms with van der Waals surface area (Å²) in [6, 6.07) is 1.71. The summed E-state index contributed by atoms with van der Waals surface area (Å²) in [5.41, 5.74) is 3.33. The molecule has 4 nitrogen and oxygen atoms in total. The third-order valence-corrected chi connectivity index (χ3v) is 3.40. The predicted molar refractivity (Wildman–Crippen MR) is 75.8 cm³/mol. The smallest absolute Gasteiger partial charge is 0.170 e. The predicted octanol–water partition coefficient (Wildman–Crippen LogP) is 2.42. The molecule has 2 rings (SSSR count). The van der Waals surface area contributed by atoms with Crippen LogP contribution in [0.3, 0.4) is 0 Å². The number of nitrogens with zero attached hydrogens (tertiary/aromatic N) is 3. The van der Waals surface area contributed by atoms with Crippen molar-refractivity contribution in [3.63, 3.8) is 0 Å². The molecule has 0 amide bonds. The van der Waals surface area contributed by atoms with Crippen molar-refractivity contribution in [3.8, 4) is 0 Å². The average molecular weight is 280 g/mol. The van der Waals surface area contributed by atoms with Gasteiger partial charge in [-0.3, -0.25) is 0 Å². The van der Waals surface area contributed by atoms with Crippen molar-refractivity contribution < 1.29 is 4.39 Å². The Kier molecular flexibility index (Phi) is 4.81. The second-order valence-electron chi connectivity index (χ2n) is 4.22. The molecule has 0 atom stereocenters. The first-order valence-corrected chi connectivity index (χ1v) is 7.09. The quantitative estimate of drug-likeness (QED) is 0.882. The van der Waals surface area contributed by atoms with Gasteiger partial charge in [0.05, 0.1) is 17.7 Å². The van der Waals surface area contributed by atoms with Gasteiger partial charge >= 0.3 is 0 Å². The van der Waals surface area contributed by atoms with E-state index >= 15 is 0 Å². The molecule has 2 aromatic heterocycles. The van der Waals surface area contributed by atoms with Crippen LogP contribution in [0.1, 0.15) is 18.2 Å². The van der Waals surface area contributed by atoms with Crippen LogP contribution in [0.25, 0.3) is 0 Å². The Bertz CT molecular complexity index is 515. The van der Waals surface area contributed by atoms with E-state index in [-0.39, 0.29) is 5.82 Å². The van der Waals surface area contributed by atoms with Crippen LogP contribution in [0.2, 0.25) is 0 Å². The topological polar surface area (TPSA) is 41.1 Å². The molecule has 0 spiro atoms. The van der Waals surface area contributed by atoms with Crippen molar-refractivity contribution in [1.82, 2.24) is 15.3 Å². The minimum absolute atomic E-state index is 0.263. The van der Waals surface area contributed by atoms with Crippen molar-refractivity contribution in [3.05, 3.63) is 40.2 Å². The van der Waals surface area contributed by atoms with E-state index in [1.165, 1.54) is 11.3 Å². The Morgan fingerprint density at radius 1 is 1.42 bits per heavy atom. The Hall–Kier alpha value is -1.53. The van der Waals surface area contributed by atoms with Gasteiger partial charge in [-0.25, -0.2) is 14.4 Å². The number of pyridine rings is 1. The molecular formula is C13H17FN4S. The molecule has 0 fully saturated rings. The minimum atomic E-state index is -0.263. The highest BCUT2D eigenvalue weighted by Gasteiger charge is 2.13. The Labute approximate surface area is 116 Å². The van der Waals surface area contributed by atoms with Crippen molar-refractivity contribution in [2.75, 3.05) is 18.5 Å². The molecule has 2 heterocycles. The lowest BCUT2D eigenvalue weighted by molar-refractivity contribution is 0.582. The average Bonchev–Trinajstić information content (AvgIpc) is 2.90. The standard InChI is InChI=1S/C13H17FN4S/c1-3-15-6-10-4-5-16-13(12(10)14)18(2)7-11-8-19-9-17-11/h4-5,8-9,15H,3,6-7H2,1-2H3. The largest absolute Gasteiger partial charge is 0.351 e. The van der Waals surface area contributed by atoms with Gasteiger partial charge in [-0.15, -0.1) is 11.3 Å². The molecule has 1 N–H and O–H groups in total. The Balaban J connectivity index is 2.14. The van der Waals surface area contributed by atoms with Crippen LogP contribution in [0.4, 0.5) is 10.2 Å². The minimum Gasteiger partial charge on any atom is -0.351 e. The van der Waals surface area contributed by atoms with Crippen molar-refractivity contribution in [2.24, 2.45) is 0 Å². The van der Waals surface area contributed by atoms with Crippen LogP contribution < -0.4 is 10.2 Å². The van der Waals surface area contributed by atoms with E-state index in [1.54, 1.807) is 22.7 Å². The maximum Gasteiger partial charge on any atom is 0.170 e. The van der Waals surface area contributed by atoms with Crippen molar-refractivity contribution in [1.29, 1.82) is 0 Å². The first-order chi connectivity index (χ1) is 9.22. The number of nitrogens with one attached hydrogen (secondary N) is 1. The molecule has 6 heteroatoms. The molecule has 19 heavy (non-hydrogen) atoms. The molecule has 0 aromatic carbocycles. The van der Waals surface area contributed by atoms with Gasteiger partial charge < -0.3 is 10.2 Å². The van der Waals surface area contributed by atoms with Crippen LogP contribution >= 0.6 is 11.3 Å². The van der Waals surface area contributed by atoms with Crippen LogP contribution in [-0.2, 0) is 13.1 Å². The number of hydrogen-bond acceptors (Lipinski definition) is 5. The number of thiazole rings is 1. The number of aromatic nitrogens is 2. The molecule has 0 radical (unpaired) electrons. The fraction of sp³-hybridized carbons (Fsp3) is 0.385. The van der Waals surface area contributed by atoms with Crippen molar-refractivity contribution >= 4 is 17.2 Å². The molecule has 0 saturated carbocycles. The molecule has 0 aliphatic carbocycles. The third kappa shape index (κ3) is 3.48. The zero-order valence-electron chi connectivity index (χ0n) is 11.1. The zero-order valence-corrected chi connectivity index (χ0v) is 11.9. The molecule has 0 unspecified atom stereocenters. The van der Waals surface area contributed by atoms with Crippen LogP contribution in [0.15, 0.2) is 23.2 Å². The zero-order chi connectivity index (χ0) is 13.7. The number of anilines is 1. The summed E-state index contributed by atoms with van der Waals surface area (Å²) in [6.07, 6.45) is 1.64. The fourth-order valence-electron chi connectivity index (χ4n) is 1.77. The van der Waals surface area contributed by atoms with Gasteiger partial charge in [-0.1, -0.05) is 6.92 Å². The molecule has 0 saturated heterocycles. The van der Waals surface area contributed by atoms with Crippen molar-refractivity contribution in [2.45, 2.75) is 20.0 Å². The lowest BCUT2D eigenvalue weighted by Crippen LogP contribution is -2.21. The van der Waals surface area contributed by atoms with E-state index in [0.29, 0.717) is 24.5 Å².